The van der Waals surface area contributed by atoms with Crippen LogP contribution < -0.4 is 14.8 Å². The summed E-state index contributed by atoms with van der Waals surface area (Å²) in [7, 11) is 3.53. The average Bonchev–Trinajstić information content (AvgIpc) is 2.91. The lowest BCUT2D eigenvalue weighted by Gasteiger charge is -2.27. The average molecular weight is 397 g/mol. The number of nitrogens with one attached hydrogen (secondary N) is 1. The smallest absolute Gasteiger partial charge is 0.241 e. The first-order chi connectivity index (χ1) is 13.9. The highest BCUT2D eigenvalue weighted by atomic mass is 16.5. The molecule has 1 saturated heterocycles. The lowest BCUT2D eigenvalue weighted by atomic mass is 10.1. The molecule has 1 amide bonds. The Balaban J connectivity index is 1.38. The van der Waals surface area contributed by atoms with Gasteiger partial charge in [0.05, 0.1) is 25.4 Å². The third kappa shape index (κ3) is 5.51. The van der Waals surface area contributed by atoms with Gasteiger partial charge in [-0.15, -0.1) is 0 Å². The number of ether oxygens (including phenoxy) is 2. The maximum absolute atomic E-state index is 12.4. The minimum absolute atomic E-state index is 0.146. The van der Waals surface area contributed by atoms with Crippen LogP contribution in [-0.4, -0.2) is 43.3 Å². The maximum Gasteiger partial charge on any atom is 0.241 e. The Labute approximate surface area is 174 Å². The molecule has 1 atom stereocenters. The van der Waals surface area contributed by atoms with Crippen molar-refractivity contribution >= 4 is 5.91 Å². The van der Waals surface area contributed by atoms with Gasteiger partial charge in [-0.05, 0) is 74.9 Å². The highest BCUT2D eigenvalue weighted by Gasteiger charge is 2.41. The van der Waals surface area contributed by atoms with Gasteiger partial charge >= 0.3 is 0 Å². The van der Waals surface area contributed by atoms with Crippen molar-refractivity contribution in [2.24, 2.45) is 0 Å². The Bertz CT molecular complexity index is 800. The number of aryl methyl sites for hydroxylation is 1. The predicted molar refractivity (Wildman–Crippen MR) is 115 cm³/mol. The fourth-order valence-corrected chi connectivity index (χ4v) is 3.60. The molecule has 1 fully saturated rings. The number of amides is 1. The zero-order valence-electron chi connectivity index (χ0n) is 17.9. The van der Waals surface area contributed by atoms with E-state index < -0.39 is 0 Å². The summed E-state index contributed by atoms with van der Waals surface area (Å²) < 4.78 is 11.0. The van der Waals surface area contributed by atoms with Crippen LogP contribution in [0, 0.1) is 0 Å². The molecular formula is C24H32N2O3. The summed E-state index contributed by atoms with van der Waals surface area (Å²) in [5.41, 5.74) is 2.16. The topological polar surface area (TPSA) is 50.8 Å². The zero-order chi connectivity index (χ0) is 20.9. The Kier molecular flexibility index (Phi) is 6.80. The van der Waals surface area contributed by atoms with E-state index in [1.807, 2.05) is 57.3 Å². The molecule has 29 heavy (non-hydrogen) atoms. The molecule has 0 aromatic heterocycles. The van der Waals surface area contributed by atoms with Gasteiger partial charge in [0.1, 0.15) is 11.5 Å². The van der Waals surface area contributed by atoms with Crippen molar-refractivity contribution < 1.29 is 14.3 Å². The molecule has 1 aliphatic rings. The maximum atomic E-state index is 12.4. The van der Waals surface area contributed by atoms with E-state index in [0.717, 1.165) is 36.3 Å². The van der Waals surface area contributed by atoms with Crippen molar-refractivity contribution in [2.75, 3.05) is 20.8 Å². The Morgan fingerprint density at radius 1 is 0.966 bits per heavy atom. The molecule has 0 saturated carbocycles. The largest absolute Gasteiger partial charge is 0.497 e. The molecule has 156 valence electrons. The van der Waals surface area contributed by atoms with Crippen LogP contribution in [0.15, 0.2) is 48.5 Å². The number of hydrogen-bond donors (Lipinski definition) is 1. The van der Waals surface area contributed by atoms with Crippen molar-refractivity contribution in [1.29, 1.82) is 0 Å². The van der Waals surface area contributed by atoms with Crippen LogP contribution in [0.4, 0.5) is 0 Å². The van der Waals surface area contributed by atoms with E-state index in [2.05, 4.69) is 17.4 Å². The molecule has 1 N–H and O–H groups in total. The van der Waals surface area contributed by atoms with Gasteiger partial charge < -0.3 is 14.4 Å². The molecule has 0 bridgehead atoms. The van der Waals surface area contributed by atoms with Crippen molar-refractivity contribution in [1.82, 2.24) is 10.2 Å². The number of carbonyl (C=O) groups excluding carboxylic acids is 1. The van der Waals surface area contributed by atoms with Crippen LogP contribution in [0.2, 0.25) is 0 Å². The molecule has 5 heteroatoms. The fraction of sp³-hybridized carbons (Fsp3) is 0.458. The number of likely N-dealkylation sites (N-methyl/N-ethyl adjacent to an activating group) is 1. The normalized spacial score (nSPS) is 18.1. The number of benzene rings is 2. The Morgan fingerprint density at radius 2 is 1.59 bits per heavy atom. The van der Waals surface area contributed by atoms with Crippen LogP contribution in [0.25, 0.3) is 0 Å². The highest BCUT2D eigenvalue weighted by molar-refractivity contribution is 5.85. The number of hydrogen-bond acceptors (Lipinski definition) is 4. The minimum Gasteiger partial charge on any atom is -0.497 e. The summed E-state index contributed by atoms with van der Waals surface area (Å²) in [6, 6.07) is 16.1. The lowest BCUT2D eigenvalue weighted by molar-refractivity contribution is -0.129. The number of unbranched alkanes of at least 4 members (excludes halogenated alkanes) is 1. The van der Waals surface area contributed by atoms with E-state index in [1.165, 1.54) is 5.56 Å². The predicted octanol–water partition coefficient (Wildman–Crippen LogP) is 3.81. The quantitative estimate of drug-likeness (QED) is 0.655. The van der Waals surface area contributed by atoms with Gasteiger partial charge in [-0.1, -0.05) is 24.3 Å². The summed E-state index contributed by atoms with van der Waals surface area (Å²) in [5, 5.41) is 3.40. The second-order valence-corrected chi connectivity index (χ2v) is 8.15. The van der Waals surface area contributed by atoms with Crippen LogP contribution in [-0.2, 0) is 17.6 Å². The van der Waals surface area contributed by atoms with Gasteiger partial charge in [0.2, 0.25) is 5.91 Å². The summed E-state index contributed by atoms with van der Waals surface area (Å²) in [5.74, 6) is 1.91. The third-order valence-electron chi connectivity index (χ3n) is 5.65. The first kappa shape index (κ1) is 21.2. The Hall–Kier alpha value is -2.53. The van der Waals surface area contributed by atoms with Gasteiger partial charge in [0, 0.05) is 7.05 Å². The highest BCUT2D eigenvalue weighted by Crippen LogP contribution is 2.22. The van der Waals surface area contributed by atoms with E-state index in [-0.39, 0.29) is 17.6 Å². The van der Waals surface area contributed by atoms with Crippen molar-refractivity contribution in [3.05, 3.63) is 59.7 Å². The van der Waals surface area contributed by atoms with Crippen LogP contribution >= 0.6 is 0 Å². The van der Waals surface area contributed by atoms with E-state index >= 15 is 0 Å². The molecule has 3 rings (SSSR count). The van der Waals surface area contributed by atoms with Gasteiger partial charge in [0.15, 0.2) is 0 Å². The summed E-state index contributed by atoms with van der Waals surface area (Å²) >= 11 is 0. The molecule has 2 aromatic carbocycles. The lowest BCUT2D eigenvalue weighted by Crippen LogP contribution is -2.45. The second-order valence-electron chi connectivity index (χ2n) is 8.15. The molecule has 2 aromatic rings. The molecule has 5 nitrogen and oxygen atoms in total. The van der Waals surface area contributed by atoms with Crippen molar-refractivity contribution in [3.63, 3.8) is 0 Å². The Morgan fingerprint density at radius 3 is 2.17 bits per heavy atom. The third-order valence-corrected chi connectivity index (χ3v) is 5.65. The monoisotopic (exact) mass is 396 g/mol. The van der Waals surface area contributed by atoms with Crippen molar-refractivity contribution in [3.8, 4) is 11.5 Å². The van der Waals surface area contributed by atoms with Gasteiger partial charge in [-0.2, -0.15) is 0 Å². The van der Waals surface area contributed by atoms with E-state index in [1.54, 1.807) is 12.0 Å². The molecule has 0 spiro atoms. The van der Waals surface area contributed by atoms with E-state index in [0.29, 0.717) is 13.0 Å². The van der Waals surface area contributed by atoms with Crippen LogP contribution in [0.1, 0.15) is 37.8 Å². The van der Waals surface area contributed by atoms with Gasteiger partial charge in [0.25, 0.3) is 0 Å². The van der Waals surface area contributed by atoms with E-state index in [4.69, 9.17) is 9.47 Å². The first-order valence-electron chi connectivity index (χ1n) is 10.3. The SMILES string of the molecule is COc1ccc(CCCCOc2ccc(C[C@H]3NC(C)(C)N(C)C3=O)cc2)cc1. The van der Waals surface area contributed by atoms with Crippen LogP contribution in [0.5, 0.6) is 11.5 Å². The molecule has 0 aliphatic carbocycles. The molecule has 1 aliphatic heterocycles. The number of rotatable bonds is 9. The summed E-state index contributed by atoms with van der Waals surface area (Å²) in [6.45, 7) is 4.75. The van der Waals surface area contributed by atoms with Gasteiger partial charge in [-0.3, -0.25) is 10.1 Å². The summed E-state index contributed by atoms with van der Waals surface area (Å²) in [6.07, 6.45) is 3.83. The van der Waals surface area contributed by atoms with Crippen molar-refractivity contribution in [2.45, 2.75) is 51.2 Å². The number of carbonyl (C=O) groups is 1. The number of nitrogens with zero attached hydrogens (tertiary/aromatic N) is 1. The first-order valence-corrected chi connectivity index (χ1v) is 10.3. The molecule has 0 radical (unpaired) electrons. The fourth-order valence-electron chi connectivity index (χ4n) is 3.60. The van der Waals surface area contributed by atoms with E-state index in [9.17, 15) is 4.79 Å². The second kappa shape index (κ2) is 9.31. The standard InChI is InChI=1S/C24H32N2O3/c1-24(2)25-22(23(27)26(24)3)17-19-10-14-21(15-11-19)29-16-6-5-7-18-8-12-20(28-4)13-9-18/h8-15,22,25H,5-7,16-17H2,1-4H3/t22-/m1/s1. The molecule has 1 heterocycles. The van der Waals surface area contributed by atoms with Crippen LogP contribution in [0.3, 0.4) is 0 Å². The minimum atomic E-state index is -0.295. The molecular weight excluding hydrogens is 364 g/mol. The molecule has 0 unspecified atom stereocenters. The zero-order valence-corrected chi connectivity index (χ0v) is 17.9. The number of methoxy groups -OCH3 is 1. The summed E-state index contributed by atoms with van der Waals surface area (Å²) in [4.78, 5) is 14.1. The van der Waals surface area contributed by atoms with Gasteiger partial charge in [-0.25, -0.2) is 0 Å².